The van der Waals surface area contributed by atoms with Gasteiger partial charge in [-0.1, -0.05) is 13.8 Å². The number of piperidine rings is 1. The minimum absolute atomic E-state index is 0.251. The first-order valence-electron chi connectivity index (χ1n) is 5.76. The standard InChI is InChI=1S/C12H26N2/c1-11(2)6-8-14(9-7-11)10-12(3,4)13-5/h13H,6-10H2,1-5H3. The second-order valence-electron chi connectivity index (χ2n) is 6.07. The summed E-state index contributed by atoms with van der Waals surface area (Å²) in [6, 6.07) is 0. The molecular formula is C12H26N2. The summed E-state index contributed by atoms with van der Waals surface area (Å²) in [6.07, 6.45) is 2.68. The lowest BCUT2D eigenvalue weighted by Gasteiger charge is -2.40. The van der Waals surface area contributed by atoms with Crippen molar-refractivity contribution in [1.29, 1.82) is 0 Å². The molecule has 14 heavy (non-hydrogen) atoms. The lowest BCUT2D eigenvalue weighted by atomic mass is 9.82. The Kier molecular flexibility index (Phi) is 3.59. The Labute approximate surface area is 89.1 Å². The maximum Gasteiger partial charge on any atom is 0.0249 e. The number of nitrogens with one attached hydrogen (secondary N) is 1. The molecule has 1 heterocycles. The van der Waals surface area contributed by atoms with Gasteiger partial charge in [0.1, 0.15) is 0 Å². The fraction of sp³-hybridized carbons (Fsp3) is 1.00. The molecular weight excluding hydrogens is 172 g/mol. The van der Waals surface area contributed by atoms with E-state index >= 15 is 0 Å². The number of nitrogens with zero attached hydrogens (tertiary/aromatic N) is 1. The van der Waals surface area contributed by atoms with Gasteiger partial charge in [0.15, 0.2) is 0 Å². The molecule has 1 rings (SSSR count). The minimum atomic E-state index is 0.251. The molecule has 0 saturated carbocycles. The first kappa shape index (κ1) is 12.0. The van der Waals surface area contributed by atoms with Gasteiger partial charge in [-0.05, 0) is 52.2 Å². The Morgan fingerprint density at radius 2 is 1.71 bits per heavy atom. The van der Waals surface area contributed by atoms with E-state index in [1.165, 1.54) is 32.5 Å². The predicted octanol–water partition coefficient (Wildman–Crippen LogP) is 2.11. The highest BCUT2D eigenvalue weighted by Crippen LogP contribution is 2.30. The van der Waals surface area contributed by atoms with Crippen molar-refractivity contribution in [3.05, 3.63) is 0 Å². The summed E-state index contributed by atoms with van der Waals surface area (Å²) in [7, 11) is 2.05. The van der Waals surface area contributed by atoms with Crippen LogP contribution in [-0.2, 0) is 0 Å². The number of likely N-dealkylation sites (tertiary alicyclic amines) is 1. The van der Waals surface area contributed by atoms with Crippen molar-refractivity contribution in [2.75, 3.05) is 26.7 Å². The van der Waals surface area contributed by atoms with Gasteiger partial charge in [0.25, 0.3) is 0 Å². The molecule has 2 nitrogen and oxygen atoms in total. The van der Waals surface area contributed by atoms with Crippen molar-refractivity contribution < 1.29 is 0 Å². The topological polar surface area (TPSA) is 15.3 Å². The van der Waals surface area contributed by atoms with Crippen molar-refractivity contribution >= 4 is 0 Å². The molecule has 0 aliphatic carbocycles. The lowest BCUT2D eigenvalue weighted by molar-refractivity contribution is 0.109. The summed E-state index contributed by atoms with van der Waals surface area (Å²) in [6.45, 7) is 13.0. The smallest absolute Gasteiger partial charge is 0.0249 e. The van der Waals surface area contributed by atoms with Crippen LogP contribution < -0.4 is 5.32 Å². The molecule has 1 aliphatic heterocycles. The molecule has 0 aromatic rings. The largest absolute Gasteiger partial charge is 0.314 e. The molecule has 0 atom stereocenters. The van der Waals surface area contributed by atoms with Gasteiger partial charge in [-0.3, -0.25) is 0 Å². The summed E-state index contributed by atoms with van der Waals surface area (Å²) in [5.74, 6) is 0. The molecule has 0 spiro atoms. The number of hydrogen-bond acceptors (Lipinski definition) is 2. The summed E-state index contributed by atoms with van der Waals surface area (Å²) in [5.41, 5.74) is 0.821. The van der Waals surface area contributed by atoms with Crippen LogP contribution in [0, 0.1) is 5.41 Å². The Morgan fingerprint density at radius 1 is 1.21 bits per heavy atom. The van der Waals surface area contributed by atoms with Crippen LogP contribution in [0.3, 0.4) is 0 Å². The van der Waals surface area contributed by atoms with Crippen molar-refractivity contribution in [3.8, 4) is 0 Å². The number of likely N-dealkylation sites (N-methyl/N-ethyl adjacent to an activating group) is 1. The third kappa shape index (κ3) is 3.58. The molecule has 0 unspecified atom stereocenters. The van der Waals surface area contributed by atoms with E-state index in [0.717, 1.165) is 0 Å². The summed E-state index contributed by atoms with van der Waals surface area (Å²) < 4.78 is 0. The molecule has 0 amide bonds. The predicted molar refractivity (Wildman–Crippen MR) is 62.6 cm³/mol. The molecule has 84 valence electrons. The molecule has 1 fully saturated rings. The Hall–Kier alpha value is -0.0800. The normalized spacial score (nSPS) is 23.8. The van der Waals surface area contributed by atoms with Crippen LogP contribution in [-0.4, -0.2) is 37.1 Å². The fourth-order valence-electron chi connectivity index (χ4n) is 1.95. The van der Waals surface area contributed by atoms with E-state index in [1.807, 2.05) is 7.05 Å². The monoisotopic (exact) mass is 198 g/mol. The van der Waals surface area contributed by atoms with Crippen molar-refractivity contribution in [3.63, 3.8) is 0 Å². The average Bonchev–Trinajstić information content (AvgIpc) is 2.09. The van der Waals surface area contributed by atoms with E-state index in [1.54, 1.807) is 0 Å². The Morgan fingerprint density at radius 3 is 2.14 bits per heavy atom. The zero-order valence-corrected chi connectivity index (χ0v) is 10.5. The van der Waals surface area contributed by atoms with Gasteiger partial charge in [-0.15, -0.1) is 0 Å². The number of hydrogen-bond donors (Lipinski definition) is 1. The molecule has 0 bridgehead atoms. The van der Waals surface area contributed by atoms with Gasteiger partial charge < -0.3 is 10.2 Å². The molecule has 0 aromatic heterocycles. The zero-order valence-electron chi connectivity index (χ0n) is 10.5. The van der Waals surface area contributed by atoms with Crippen molar-refractivity contribution in [2.24, 2.45) is 5.41 Å². The lowest BCUT2D eigenvalue weighted by Crippen LogP contribution is -2.50. The third-order valence-electron chi connectivity index (χ3n) is 3.51. The second kappa shape index (κ2) is 4.19. The van der Waals surface area contributed by atoms with Crippen LogP contribution in [0.25, 0.3) is 0 Å². The van der Waals surface area contributed by atoms with E-state index in [9.17, 15) is 0 Å². The molecule has 0 aromatic carbocycles. The van der Waals surface area contributed by atoms with Crippen LogP contribution in [0.1, 0.15) is 40.5 Å². The highest BCUT2D eigenvalue weighted by molar-refractivity contribution is 4.85. The van der Waals surface area contributed by atoms with E-state index in [4.69, 9.17) is 0 Å². The first-order chi connectivity index (χ1) is 6.35. The molecule has 0 radical (unpaired) electrons. The van der Waals surface area contributed by atoms with Gasteiger partial charge >= 0.3 is 0 Å². The zero-order chi connectivity index (χ0) is 10.8. The van der Waals surface area contributed by atoms with Gasteiger partial charge in [-0.25, -0.2) is 0 Å². The fourth-order valence-corrected chi connectivity index (χ4v) is 1.95. The number of rotatable bonds is 3. The highest BCUT2D eigenvalue weighted by atomic mass is 15.2. The maximum atomic E-state index is 3.37. The van der Waals surface area contributed by atoms with Gasteiger partial charge in [0.05, 0.1) is 0 Å². The molecule has 2 heteroatoms. The molecule has 1 aliphatic rings. The van der Waals surface area contributed by atoms with Gasteiger partial charge in [0, 0.05) is 12.1 Å². The summed E-state index contributed by atoms with van der Waals surface area (Å²) >= 11 is 0. The SMILES string of the molecule is CNC(C)(C)CN1CCC(C)(C)CC1. The summed E-state index contributed by atoms with van der Waals surface area (Å²) in [5, 5.41) is 3.37. The molecule has 1 N–H and O–H groups in total. The van der Waals surface area contributed by atoms with E-state index < -0.39 is 0 Å². The van der Waals surface area contributed by atoms with Crippen LogP contribution in [0.5, 0.6) is 0 Å². The maximum absolute atomic E-state index is 3.37. The van der Waals surface area contributed by atoms with E-state index in [2.05, 4.69) is 37.9 Å². The van der Waals surface area contributed by atoms with Crippen molar-refractivity contribution in [1.82, 2.24) is 10.2 Å². The van der Waals surface area contributed by atoms with Crippen LogP contribution >= 0.6 is 0 Å². The Balaban J connectivity index is 2.36. The third-order valence-corrected chi connectivity index (χ3v) is 3.51. The van der Waals surface area contributed by atoms with Gasteiger partial charge in [-0.2, -0.15) is 0 Å². The highest BCUT2D eigenvalue weighted by Gasteiger charge is 2.28. The molecule has 1 saturated heterocycles. The Bertz CT molecular complexity index is 175. The van der Waals surface area contributed by atoms with Crippen molar-refractivity contribution in [2.45, 2.75) is 46.1 Å². The van der Waals surface area contributed by atoms with Crippen LogP contribution in [0.4, 0.5) is 0 Å². The van der Waals surface area contributed by atoms with Crippen LogP contribution in [0.2, 0.25) is 0 Å². The summed E-state index contributed by atoms with van der Waals surface area (Å²) in [4.78, 5) is 2.59. The quantitative estimate of drug-likeness (QED) is 0.747. The average molecular weight is 198 g/mol. The minimum Gasteiger partial charge on any atom is -0.314 e. The van der Waals surface area contributed by atoms with Crippen LogP contribution in [0.15, 0.2) is 0 Å². The van der Waals surface area contributed by atoms with E-state index in [-0.39, 0.29) is 5.54 Å². The second-order valence-corrected chi connectivity index (χ2v) is 6.07. The van der Waals surface area contributed by atoms with Gasteiger partial charge in [0.2, 0.25) is 0 Å². The first-order valence-corrected chi connectivity index (χ1v) is 5.76. The van der Waals surface area contributed by atoms with E-state index in [0.29, 0.717) is 5.41 Å².